The Hall–Kier alpha value is 0.495. The van der Waals surface area contributed by atoms with Crippen LogP contribution in [0, 0.1) is 0 Å². The summed E-state index contributed by atoms with van der Waals surface area (Å²) in [5.74, 6) is 0. The minimum absolute atomic E-state index is 0.391. The quantitative estimate of drug-likeness (QED) is 0.343. The van der Waals surface area contributed by atoms with Crippen LogP contribution in [0.1, 0.15) is 20.8 Å². The van der Waals surface area contributed by atoms with Crippen LogP contribution >= 0.6 is 8.46 Å². The summed E-state index contributed by atoms with van der Waals surface area (Å²) < 4.78 is 6.87. The molecule has 0 saturated heterocycles. The average Bonchev–Trinajstić information content (AvgIpc) is 1.30. The van der Waals surface area contributed by atoms with Crippen molar-refractivity contribution >= 4 is 16.0 Å². The van der Waals surface area contributed by atoms with Gasteiger partial charge in [0.2, 0.25) is 0 Å². The maximum absolute atomic E-state index is 6.87. The molecule has 0 aromatic rings. The van der Waals surface area contributed by atoms with E-state index in [1.54, 1.807) is 0 Å². The molecule has 0 rings (SSSR count). The van der Waals surface area contributed by atoms with Crippen LogP contribution in [0.4, 0.5) is 0 Å². The fourth-order valence-electron chi connectivity index (χ4n) is 0. The summed E-state index contributed by atoms with van der Waals surface area (Å²) in [5, 5.41) is 0.391. The van der Waals surface area contributed by atoms with Crippen molar-refractivity contribution in [3.63, 3.8) is 0 Å². The smallest absolute Gasteiger partial charge is 0.130 e. The zero-order chi connectivity index (χ0) is 5.91. The third-order valence-corrected chi connectivity index (χ3v) is 1.59. The lowest BCUT2D eigenvalue weighted by Crippen LogP contribution is -2.02. The maximum Gasteiger partial charge on any atom is 0.130 e. The standard InChI is InChI=1S/C4H12BP/c1-4(2,3)6-5/h6H,5H2,1-3H3/i5D. The Balaban J connectivity index is 3.15. The first-order chi connectivity index (χ1) is 3.06. The van der Waals surface area contributed by atoms with E-state index in [0.29, 0.717) is 12.7 Å². The van der Waals surface area contributed by atoms with E-state index in [4.69, 9.17) is 1.34 Å². The molecule has 0 aliphatic rings. The van der Waals surface area contributed by atoms with E-state index in [-0.39, 0.29) is 0 Å². The molecule has 0 radical (unpaired) electrons. The molecule has 0 spiro atoms. The second kappa shape index (κ2) is 1.98. The van der Waals surface area contributed by atoms with Crippen LogP contribution < -0.4 is 0 Å². The van der Waals surface area contributed by atoms with Gasteiger partial charge in [0.25, 0.3) is 0 Å². The molecule has 2 heteroatoms. The largest absolute Gasteiger partial charge is 0.158 e. The molecular formula is C4H12BP. The zero-order valence-corrected chi connectivity index (χ0v) is 5.71. The Kier molecular flexibility index (Phi) is 1.53. The fourth-order valence-corrected chi connectivity index (χ4v) is 0. The second-order valence-corrected chi connectivity index (χ2v) is 4.28. The molecule has 0 aliphatic carbocycles. The molecule has 1 atom stereocenters. The van der Waals surface area contributed by atoms with Gasteiger partial charge in [0.15, 0.2) is 0 Å². The van der Waals surface area contributed by atoms with E-state index in [0.717, 1.165) is 8.46 Å². The summed E-state index contributed by atoms with van der Waals surface area (Å²) in [6.45, 7) is 6.50. The molecule has 0 bridgehead atoms. The first-order valence-electron chi connectivity index (χ1n) is 2.81. The first-order valence-corrected chi connectivity index (χ1v) is 3.31. The summed E-state index contributed by atoms with van der Waals surface area (Å²) in [5.41, 5.74) is 0. The van der Waals surface area contributed by atoms with Crippen molar-refractivity contribution in [1.82, 2.24) is 0 Å². The predicted octanol–water partition coefficient (Wildman–Crippen LogP) is 1.01. The Morgan fingerprint density at radius 2 is 2.17 bits per heavy atom. The van der Waals surface area contributed by atoms with Gasteiger partial charge in [-0.2, -0.15) is 8.46 Å². The van der Waals surface area contributed by atoms with Crippen LogP contribution in [0.2, 0.25) is 0 Å². The average molecular weight is 103 g/mol. The van der Waals surface area contributed by atoms with Gasteiger partial charge in [0.05, 0.1) is 0 Å². The molecular weight excluding hydrogens is 89.8 g/mol. The molecule has 0 fully saturated rings. The van der Waals surface area contributed by atoms with E-state index in [9.17, 15) is 0 Å². The minimum Gasteiger partial charge on any atom is -0.158 e. The molecule has 0 aromatic heterocycles. The normalized spacial score (nSPS) is 15.5. The summed E-state index contributed by atoms with van der Waals surface area (Å²) in [7, 11) is 1.38. The Bertz CT molecular complexity index is 50.1. The van der Waals surface area contributed by atoms with Crippen molar-refractivity contribution in [1.29, 1.82) is 1.34 Å². The highest BCUT2D eigenvalue weighted by atomic mass is 31.1. The van der Waals surface area contributed by atoms with Gasteiger partial charge >= 0.3 is 0 Å². The van der Waals surface area contributed by atoms with Gasteiger partial charge in [-0.25, -0.2) is 0 Å². The van der Waals surface area contributed by atoms with Gasteiger partial charge in [0.1, 0.15) is 7.53 Å². The molecule has 6 heavy (non-hydrogen) atoms. The molecule has 0 aliphatic heterocycles. The lowest BCUT2D eigenvalue weighted by molar-refractivity contribution is 0.801. The van der Waals surface area contributed by atoms with Gasteiger partial charge < -0.3 is 0 Å². The van der Waals surface area contributed by atoms with Gasteiger partial charge in [-0.1, -0.05) is 20.8 Å². The van der Waals surface area contributed by atoms with Crippen molar-refractivity contribution in [3.05, 3.63) is 0 Å². The lowest BCUT2D eigenvalue weighted by Gasteiger charge is -2.13. The van der Waals surface area contributed by atoms with Crippen molar-refractivity contribution in [2.45, 2.75) is 25.9 Å². The highest BCUT2D eigenvalue weighted by Crippen LogP contribution is 2.24. The Labute approximate surface area is 44.2 Å². The second-order valence-electron chi connectivity index (χ2n) is 2.43. The molecule has 0 saturated carbocycles. The SMILES string of the molecule is [2H]BPC(C)(C)C. The Morgan fingerprint density at radius 3 is 2.17 bits per heavy atom. The molecule has 0 amide bonds. The van der Waals surface area contributed by atoms with E-state index in [1.807, 2.05) is 0 Å². The van der Waals surface area contributed by atoms with Gasteiger partial charge in [-0.05, 0) is 6.49 Å². The lowest BCUT2D eigenvalue weighted by atomic mass is 10.3. The van der Waals surface area contributed by atoms with Crippen LogP contribution in [0.15, 0.2) is 0 Å². The van der Waals surface area contributed by atoms with Gasteiger partial charge in [0, 0.05) is 0 Å². The zero-order valence-electron chi connectivity index (χ0n) is 5.71. The molecule has 36 valence electrons. The van der Waals surface area contributed by atoms with Crippen LogP contribution in [0.5, 0.6) is 0 Å². The summed E-state index contributed by atoms with van der Waals surface area (Å²) in [6, 6.07) is 0. The predicted molar refractivity (Wildman–Crippen MR) is 36.6 cm³/mol. The van der Waals surface area contributed by atoms with Crippen LogP contribution in [-0.2, 0) is 0 Å². The molecule has 0 N–H and O–H groups in total. The topological polar surface area (TPSA) is 0 Å². The van der Waals surface area contributed by atoms with E-state index < -0.39 is 0 Å². The van der Waals surface area contributed by atoms with Gasteiger partial charge in [-0.15, -0.1) is 0 Å². The van der Waals surface area contributed by atoms with E-state index >= 15 is 0 Å². The van der Waals surface area contributed by atoms with Crippen molar-refractivity contribution in [2.24, 2.45) is 0 Å². The maximum atomic E-state index is 6.87. The highest BCUT2D eigenvalue weighted by Gasteiger charge is 2.02. The van der Waals surface area contributed by atoms with Crippen molar-refractivity contribution in [3.8, 4) is 0 Å². The fraction of sp³-hybridized carbons (Fsp3) is 1.00. The molecule has 0 nitrogen and oxygen atoms in total. The Morgan fingerprint density at radius 1 is 1.67 bits per heavy atom. The summed E-state index contributed by atoms with van der Waals surface area (Å²) in [4.78, 5) is 0. The molecule has 0 aromatic carbocycles. The third-order valence-electron chi connectivity index (χ3n) is 0.530. The van der Waals surface area contributed by atoms with Crippen LogP contribution in [-0.4, -0.2) is 14.0 Å². The number of hydrogen-bond donors (Lipinski definition) is 0. The van der Waals surface area contributed by atoms with Crippen LogP contribution in [0.3, 0.4) is 0 Å². The third kappa shape index (κ3) is 4.49. The molecule has 0 heterocycles. The summed E-state index contributed by atoms with van der Waals surface area (Å²) >= 11 is 0. The monoisotopic (exact) mass is 103 g/mol. The number of hydrogen-bond acceptors (Lipinski definition) is 0. The first kappa shape index (κ1) is 4.65. The van der Waals surface area contributed by atoms with Crippen molar-refractivity contribution in [2.75, 3.05) is 0 Å². The number of rotatable bonds is 1. The van der Waals surface area contributed by atoms with Gasteiger partial charge in [-0.3, -0.25) is 0 Å². The van der Waals surface area contributed by atoms with E-state index in [1.165, 1.54) is 0 Å². The minimum atomic E-state index is 0.391. The van der Waals surface area contributed by atoms with Crippen molar-refractivity contribution < 1.29 is 0 Å². The molecule has 1 unspecified atom stereocenters. The highest BCUT2D eigenvalue weighted by molar-refractivity contribution is 7.67. The van der Waals surface area contributed by atoms with E-state index in [2.05, 4.69) is 20.8 Å². The summed E-state index contributed by atoms with van der Waals surface area (Å²) in [6.07, 6.45) is 0. The van der Waals surface area contributed by atoms with Crippen LogP contribution in [0.25, 0.3) is 0 Å².